The first-order valence-corrected chi connectivity index (χ1v) is 5.76. The molecule has 0 amide bonds. The Morgan fingerprint density at radius 1 is 0.938 bits per heavy atom. The summed E-state index contributed by atoms with van der Waals surface area (Å²) in [5.74, 6) is 0.822. The van der Waals surface area contributed by atoms with Gasteiger partial charge in [-0.2, -0.15) is 0 Å². The molecular weight excluding hydrogens is 218 g/mol. The minimum absolute atomic E-state index is 0.822. The van der Waals surface area contributed by atoms with Crippen LogP contribution >= 0.6 is 11.3 Å². The van der Waals surface area contributed by atoms with Crippen LogP contribution in [0, 0.1) is 6.92 Å². The van der Waals surface area contributed by atoms with E-state index in [0.717, 1.165) is 11.3 Å². The lowest BCUT2D eigenvalue weighted by molar-refractivity contribution is 1.05. The zero-order chi connectivity index (χ0) is 11.2. The van der Waals surface area contributed by atoms with Gasteiger partial charge in [-0.3, -0.25) is 0 Å². The quantitative estimate of drug-likeness (QED) is 0.594. The molecule has 4 heteroatoms. The van der Waals surface area contributed by atoms with Crippen LogP contribution in [-0.2, 0) is 0 Å². The second-order valence-electron chi connectivity index (χ2n) is 3.12. The molecule has 0 aliphatic heterocycles. The molecule has 0 N–H and O–H groups in total. The summed E-state index contributed by atoms with van der Waals surface area (Å²) in [4.78, 5) is 11.9. The number of fused-ring (bicyclic) bond motifs is 1. The zero-order valence-corrected chi connectivity index (χ0v) is 9.69. The number of para-hydroxylation sites is 1. The molecule has 0 unspecified atom stereocenters. The van der Waals surface area contributed by atoms with Crippen LogP contribution in [0.25, 0.3) is 10.2 Å². The van der Waals surface area contributed by atoms with E-state index in [2.05, 4.69) is 21.0 Å². The van der Waals surface area contributed by atoms with Gasteiger partial charge in [-0.25, -0.2) is 15.0 Å². The summed E-state index contributed by atoms with van der Waals surface area (Å²) in [6.07, 6.45) is 3.45. The van der Waals surface area contributed by atoms with Crippen molar-refractivity contribution in [3.05, 3.63) is 54.1 Å². The van der Waals surface area contributed by atoms with Crippen molar-refractivity contribution in [2.24, 2.45) is 0 Å². The third-order valence-electron chi connectivity index (χ3n) is 1.93. The molecule has 16 heavy (non-hydrogen) atoms. The van der Waals surface area contributed by atoms with Crippen molar-refractivity contribution < 1.29 is 0 Å². The highest BCUT2D eigenvalue weighted by molar-refractivity contribution is 7.16. The highest BCUT2D eigenvalue weighted by Gasteiger charge is 1.89. The van der Waals surface area contributed by atoms with Gasteiger partial charge < -0.3 is 0 Å². The molecule has 1 aromatic carbocycles. The van der Waals surface area contributed by atoms with Gasteiger partial charge in [0.15, 0.2) is 0 Å². The first-order valence-electron chi connectivity index (χ1n) is 4.88. The Morgan fingerprint density at radius 2 is 1.69 bits per heavy atom. The molecule has 3 nitrogen and oxygen atoms in total. The van der Waals surface area contributed by atoms with Crippen molar-refractivity contribution in [1.82, 2.24) is 15.0 Å². The molecule has 2 aromatic heterocycles. The van der Waals surface area contributed by atoms with Gasteiger partial charge in [0.1, 0.15) is 5.82 Å². The van der Waals surface area contributed by atoms with Crippen molar-refractivity contribution in [2.45, 2.75) is 6.92 Å². The normalized spacial score (nSPS) is 9.56. The number of nitrogens with zero attached hydrogens (tertiary/aromatic N) is 3. The van der Waals surface area contributed by atoms with Crippen molar-refractivity contribution in [1.29, 1.82) is 0 Å². The van der Waals surface area contributed by atoms with E-state index in [-0.39, 0.29) is 0 Å². The molecule has 0 atom stereocenters. The highest BCUT2D eigenvalue weighted by atomic mass is 32.1. The van der Waals surface area contributed by atoms with Crippen LogP contribution in [0.1, 0.15) is 5.82 Å². The molecule has 80 valence electrons. The van der Waals surface area contributed by atoms with E-state index in [1.807, 2.05) is 30.6 Å². The van der Waals surface area contributed by atoms with Gasteiger partial charge in [0.05, 0.1) is 15.7 Å². The van der Waals surface area contributed by atoms with E-state index in [4.69, 9.17) is 0 Å². The number of aromatic nitrogens is 3. The predicted octanol–water partition coefficient (Wildman–Crippen LogP) is 3.08. The summed E-state index contributed by atoms with van der Waals surface area (Å²) in [6, 6.07) is 9.93. The van der Waals surface area contributed by atoms with Crippen LogP contribution in [0.3, 0.4) is 0 Å². The van der Waals surface area contributed by atoms with E-state index in [0.29, 0.717) is 0 Å². The van der Waals surface area contributed by atoms with Crippen molar-refractivity contribution >= 4 is 21.6 Å². The third kappa shape index (κ3) is 2.84. The third-order valence-corrected chi connectivity index (χ3v) is 2.74. The van der Waals surface area contributed by atoms with Crippen LogP contribution in [0.5, 0.6) is 0 Å². The predicted molar refractivity (Wildman–Crippen MR) is 66.4 cm³/mol. The number of hydrogen-bond acceptors (Lipinski definition) is 4. The Hall–Kier alpha value is -1.81. The smallest absolute Gasteiger partial charge is 0.125 e. The minimum atomic E-state index is 0.822. The second-order valence-corrected chi connectivity index (χ2v) is 4.00. The SMILES string of the molecule is Cc1ncccn1.c1ccc2scnc2c1. The number of hydrogen-bond donors (Lipinski definition) is 0. The fourth-order valence-corrected chi connectivity index (χ4v) is 1.86. The number of aryl methyl sites for hydroxylation is 1. The molecule has 3 rings (SSSR count). The van der Waals surface area contributed by atoms with Gasteiger partial charge in [0, 0.05) is 12.4 Å². The minimum Gasteiger partial charge on any atom is -0.245 e. The molecule has 0 aliphatic rings. The first-order chi connectivity index (χ1) is 7.86. The molecule has 0 aliphatic carbocycles. The lowest BCUT2D eigenvalue weighted by Gasteiger charge is -1.81. The standard InChI is InChI=1S/C7H5NS.C5H6N2/c1-2-4-7-6(3-1)8-5-9-7;1-5-6-3-2-4-7-5/h1-5H;2-4H,1H3. The summed E-state index contributed by atoms with van der Waals surface area (Å²) < 4.78 is 1.26. The molecular formula is C12H11N3S. The van der Waals surface area contributed by atoms with Crippen LogP contribution in [0.15, 0.2) is 48.2 Å². The largest absolute Gasteiger partial charge is 0.245 e. The van der Waals surface area contributed by atoms with Gasteiger partial charge in [-0.05, 0) is 25.1 Å². The lowest BCUT2D eigenvalue weighted by atomic mass is 10.3. The molecule has 0 spiro atoms. The van der Waals surface area contributed by atoms with E-state index in [1.165, 1.54) is 4.70 Å². The molecule has 0 saturated heterocycles. The maximum absolute atomic E-state index is 4.14. The van der Waals surface area contributed by atoms with E-state index < -0.39 is 0 Å². The number of thiazole rings is 1. The molecule has 0 fully saturated rings. The van der Waals surface area contributed by atoms with Crippen LogP contribution in [-0.4, -0.2) is 15.0 Å². The van der Waals surface area contributed by atoms with Crippen LogP contribution in [0.4, 0.5) is 0 Å². The average Bonchev–Trinajstić information content (AvgIpc) is 2.79. The summed E-state index contributed by atoms with van der Waals surface area (Å²) in [5, 5.41) is 0. The highest BCUT2D eigenvalue weighted by Crippen LogP contribution is 2.15. The van der Waals surface area contributed by atoms with Crippen LogP contribution in [0.2, 0.25) is 0 Å². The van der Waals surface area contributed by atoms with Crippen molar-refractivity contribution in [3.8, 4) is 0 Å². The Labute approximate surface area is 97.8 Å². The Balaban J connectivity index is 0.000000125. The van der Waals surface area contributed by atoms with Gasteiger partial charge in [-0.15, -0.1) is 11.3 Å². The van der Waals surface area contributed by atoms with Crippen LogP contribution < -0.4 is 0 Å². The maximum atomic E-state index is 4.14. The topological polar surface area (TPSA) is 38.7 Å². The summed E-state index contributed by atoms with van der Waals surface area (Å²) in [6.45, 7) is 1.86. The molecule has 0 bridgehead atoms. The molecule has 2 heterocycles. The summed E-state index contributed by atoms with van der Waals surface area (Å²) in [5.41, 5.74) is 2.97. The maximum Gasteiger partial charge on any atom is 0.125 e. The summed E-state index contributed by atoms with van der Waals surface area (Å²) in [7, 11) is 0. The fourth-order valence-electron chi connectivity index (χ4n) is 1.18. The van der Waals surface area contributed by atoms with E-state index >= 15 is 0 Å². The Kier molecular flexibility index (Phi) is 3.56. The van der Waals surface area contributed by atoms with Gasteiger partial charge >= 0.3 is 0 Å². The number of benzene rings is 1. The van der Waals surface area contributed by atoms with Crippen molar-refractivity contribution in [2.75, 3.05) is 0 Å². The Bertz CT molecular complexity index is 518. The lowest BCUT2D eigenvalue weighted by Crippen LogP contribution is -1.80. The van der Waals surface area contributed by atoms with Gasteiger partial charge in [0.25, 0.3) is 0 Å². The van der Waals surface area contributed by atoms with Gasteiger partial charge in [-0.1, -0.05) is 12.1 Å². The van der Waals surface area contributed by atoms with Gasteiger partial charge in [0.2, 0.25) is 0 Å². The monoisotopic (exact) mass is 229 g/mol. The van der Waals surface area contributed by atoms with E-state index in [1.54, 1.807) is 29.8 Å². The second kappa shape index (κ2) is 5.32. The number of rotatable bonds is 0. The summed E-state index contributed by atoms with van der Waals surface area (Å²) >= 11 is 1.68. The zero-order valence-electron chi connectivity index (χ0n) is 8.87. The Morgan fingerprint density at radius 3 is 2.31 bits per heavy atom. The fraction of sp³-hybridized carbons (Fsp3) is 0.0833. The van der Waals surface area contributed by atoms with Crippen molar-refractivity contribution in [3.63, 3.8) is 0 Å². The molecule has 0 saturated carbocycles. The molecule has 3 aromatic rings. The molecule has 0 radical (unpaired) electrons. The average molecular weight is 229 g/mol. The first kappa shape index (κ1) is 10.7. The van der Waals surface area contributed by atoms with E-state index in [9.17, 15) is 0 Å².